The normalized spacial score (nSPS) is 12.9. The predicted molar refractivity (Wildman–Crippen MR) is 70.6 cm³/mol. The summed E-state index contributed by atoms with van der Waals surface area (Å²) in [6.07, 6.45) is -0.347. The Kier molecular flexibility index (Phi) is 5.25. The zero-order valence-electron chi connectivity index (χ0n) is 11.6. The van der Waals surface area contributed by atoms with Gasteiger partial charge in [-0.05, 0) is 5.56 Å². The molecule has 0 saturated carbocycles. The minimum absolute atomic E-state index is 0.347. The minimum Gasteiger partial charge on any atom is -0.469 e. The molecule has 1 unspecified atom stereocenters. The van der Waals surface area contributed by atoms with E-state index in [1.54, 1.807) is 30.3 Å². The Balaban J connectivity index is 3.36. The van der Waals surface area contributed by atoms with Crippen LogP contribution in [0.15, 0.2) is 30.3 Å². The lowest BCUT2D eigenvalue weighted by atomic mass is 9.86. The predicted octanol–water partition coefficient (Wildman–Crippen LogP) is 0.754. The number of carbonyl (C=O) groups is 3. The van der Waals surface area contributed by atoms with E-state index in [9.17, 15) is 14.4 Å². The molecule has 20 heavy (non-hydrogen) atoms. The zero-order valence-corrected chi connectivity index (χ0v) is 11.6. The zero-order chi connectivity index (χ0) is 15.2. The summed E-state index contributed by atoms with van der Waals surface area (Å²) in [6.45, 7) is 1.26. The van der Waals surface area contributed by atoms with Crippen molar-refractivity contribution in [2.75, 3.05) is 14.2 Å². The Labute approximate surface area is 117 Å². The molecular formula is C14H17NO5. The van der Waals surface area contributed by atoms with E-state index in [-0.39, 0.29) is 6.42 Å². The molecule has 0 bridgehead atoms. The number of rotatable bonds is 5. The van der Waals surface area contributed by atoms with Crippen molar-refractivity contribution >= 4 is 17.8 Å². The molecule has 0 aliphatic carbocycles. The molecule has 0 aliphatic rings. The summed E-state index contributed by atoms with van der Waals surface area (Å²) in [4.78, 5) is 35.2. The molecule has 1 rings (SSSR count). The average Bonchev–Trinajstić information content (AvgIpc) is 2.45. The summed E-state index contributed by atoms with van der Waals surface area (Å²) < 4.78 is 9.36. The highest BCUT2D eigenvalue weighted by atomic mass is 16.5. The van der Waals surface area contributed by atoms with Crippen LogP contribution in [-0.2, 0) is 29.4 Å². The van der Waals surface area contributed by atoms with Crippen molar-refractivity contribution in [3.63, 3.8) is 0 Å². The Morgan fingerprint density at radius 1 is 1.10 bits per heavy atom. The average molecular weight is 279 g/mol. The molecule has 6 nitrogen and oxygen atoms in total. The summed E-state index contributed by atoms with van der Waals surface area (Å²) in [5.74, 6) is -1.82. The lowest BCUT2D eigenvalue weighted by Gasteiger charge is -2.31. The lowest BCUT2D eigenvalue weighted by Crippen LogP contribution is -2.53. The van der Waals surface area contributed by atoms with Crippen molar-refractivity contribution in [3.8, 4) is 0 Å². The van der Waals surface area contributed by atoms with Gasteiger partial charge in [0.25, 0.3) is 0 Å². The highest BCUT2D eigenvalue weighted by molar-refractivity contribution is 5.92. The molecule has 1 aromatic carbocycles. The molecule has 0 radical (unpaired) electrons. The number of hydrogen-bond donors (Lipinski definition) is 1. The minimum atomic E-state index is -1.59. The number of methoxy groups -OCH3 is 2. The van der Waals surface area contributed by atoms with Crippen LogP contribution >= 0.6 is 0 Å². The summed E-state index contributed by atoms with van der Waals surface area (Å²) in [7, 11) is 2.41. The second kappa shape index (κ2) is 6.70. The Hall–Kier alpha value is -2.37. The first-order valence-electron chi connectivity index (χ1n) is 5.95. The van der Waals surface area contributed by atoms with Gasteiger partial charge in [-0.1, -0.05) is 30.3 Å². The fourth-order valence-corrected chi connectivity index (χ4v) is 1.95. The van der Waals surface area contributed by atoms with Crippen LogP contribution in [0.2, 0.25) is 0 Å². The number of hydrogen-bond acceptors (Lipinski definition) is 5. The van der Waals surface area contributed by atoms with Crippen LogP contribution in [0, 0.1) is 0 Å². The quantitative estimate of drug-likeness (QED) is 0.804. The molecular weight excluding hydrogens is 262 g/mol. The van der Waals surface area contributed by atoms with Gasteiger partial charge in [0.05, 0.1) is 20.6 Å². The molecule has 1 N–H and O–H groups in total. The first-order valence-corrected chi connectivity index (χ1v) is 5.95. The van der Waals surface area contributed by atoms with Crippen LogP contribution in [0.3, 0.4) is 0 Å². The van der Waals surface area contributed by atoms with Gasteiger partial charge in [-0.2, -0.15) is 0 Å². The van der Waals surface area contributed by atoms with E-state index < -0.39 is 23.4 Å². The maximum absolute atomic E-state index is 12.2. The van der Waals surface area contributed by atoms with Gasteiger partial charge in [0.2, 0.25) is 5.91 Å². The van der Waals surface area contributed by atoms with Gasteiger partial charge in [0.15, 0.2) is 5.54 Å². The maximum atomic E-state index is 12.2. The number of ether oxygens (including phenoxy) is 2. The highest BCUT2D eigenvalue weighted by Crippen LogP contribution is 2.27. The van der Waals surface area contributed by atoms with Crippen molar-refractivity contribution in [3.05, 3.63) is 35.9 Å². The van der Waals surface area contributed by atoms with Gasteiger partial charge in [-0.15, -0.1) is 0 Å². The molecule has 0 fully saturated rings. The fourth-order valence-electron chi connectivity index (χ4n) is 1.95. The van der Waals surface area contributed by atoms with Crippen LogP contribution in [0.25, 0.3) is 0 Å². The third-order valence-electron chi connectivity index (χ3n) is 2.83. The van der Waals surface area contributed by atoms with Crippen LogP contribution in [0.1, 0.15) is 18.9 Å². The topological polar surface area (TPSA) is 81.7 Å². The van der Waals surface area contributed by atoms with E-state index in [2.05, 4.69) is 10.1 Å². The Morgan fingerprint density at radius 3 is 2.15 bits per heavy atom. The molecule has 0 aliphatic heterocycles. The molecule has 0 saturated heterocycles. The Morgan fingerprint density at radius 2 is 1.70 bits per heavy atom. The van der Waals surface area contributed by atoms with E-state index in [0.717, 1.165) is 0 Å². The molecule has 0 spiro atoms. The van der Waals surface area contributed by atoms with Crippen molar-refractivity contribution in [2.45, 2.75) is 18.9 Å². The molecule has 6 heteroatoms. The highest BCUT2D eigenvalue weighted by Gasteiger charge is 2.44. The monoisotopic (exact) mass is 279 g/mol. The summed E-state index contributed by atoms with van der Waals surface area (Å²) in [5.41, 5.74) is -1.14. The van der Waals surface area contributed by atoms with Crippen LogP contribution < -0.4 is 5.32 Å². The standard InChI is InChI=1S/C14H17NO5/c1-10(16)15-14(13(18)20-3,9-12(17)19-2)11-7-5-4-6-8-11/h4-8H,9H2,1-3H3,(H,15,16). The van der Waals surface area contributed by atoms with E-state index >= 15 is 0 Å². The molecule has 1 aromatic rings. The largest absolute Gasteiger partial charge is 0.469 e. The fraction of sp³-hybridized carbons (Fsp3) is 0.357. The first kappa shape index (κ1) is 15.7. The van der Waals surface area contributed by atoms with Gasteiger partial charge < -0.3 is 14.8 Å². The number of carbonyl (C=O) groups excluding carboxylic acids is 3. The van der Waals surface area contributed by atoms with Crippen LogP contribution in [0.4, 0.5) is 0 Å². The van der Waals surface area contributed by atoms with E-state index in [1.165, 1.54) is 21.1 Å². The van der Waals surface area contributed by atoms with Crippen molar-refractivity contribution < 1.29 is 23.9 Å². The molecule has 1 atom stereocenters. The second-order valence-electron chi connectivity index (χ2n) is 4.20. The molecule has 0 aromatic heterocycles. The third kappa shape index (κ3) is 3.34. The SMILES string of the molecule is COC(=O)CC(NC(C)=O)(C(=O)OC)c1ccccc1. The van der Waals surface area contributed by atoms with Crippen molar-refractivity contribution in [1.29, 1.82) is 0 Å². The summed E-state index contributed by atoms with van der Waals surface area (Å²) >= 11 is 0. The molecule has 1 amide bonds. The number of esters is 2. The van der Waals surface area contributed by atoms with Crippen LogP contribution in [0.5, 0.6) is 0 Å². The lowest BCUT2D eigenvalue weighted by molar-refractivity contribution is -0.157. The Bertz CT molecular complexity index is 500. The molecule has 108 valence electrons. The number of amides is 1. The number of nitrogens with one attached hydrogen (secondary N) is 1. The van der Waals surface area contributed by atoms with E-state index in [0.29, 0.717) is 5.56 Å². The van der Waals surface area contributed by atoms with Gasteiger partial charge >= 0.3 is 11.9 Å². The molecule has 0 heterocycles. The first-order chi connectivity index (χ1) is 9.46. The summed E-state index contributed by atoms with van der Waals surface area (Å²) in [5, 5.41) is 2.51. The van der Waals surface area contributed by atoms with Crippen molar-refractivity contribution in [2.24, 2.45) is 0 Å². The second-order valence-corrected chi connectivity index (χ2v) is 4.20. The summed E-state index contributed by atoms with van der Waals surface area (Å²) in [6, 6.07) is 8.43. The van der Waals surface area contributed by atoms with E-state index in [1.807, 2.05) is 0 Å². The van der Waals surface area contributed by atoms with Crippen LogP contribution in [-0.4, -0.2) is 32.1 Å². The maximum Gasteiger partial charge on any atom is 0.336 e. The van der Waals surface area contributed by atoms with Crippen molar-refractivity contribution in [1.82, 2.24) is 5.32 Å². The van der Waals surface area contributed by atoms with Gasteiger partial charge in [0.1, 0.15) is 0 Å². The van der Waals surface area contributed by atoms with Gasteiger partial charge in [-0.25, -0.2) is 4.79 Å². The van der Waals surface area contributed by atoms with E-state index in [4.69, 9.17) is 4.74 Å². The van der Waals surface area contributed by atoms with Gasteiger partial charge in [-0.3, -0.25) is 9.59 Å². The smallest absolute Gasteiger partial charge is 0.336 e. The van der Waals surface area contributed by atoms with Gasteiger partial charge in [0, 0.05) is 6.92 Å². The number of benzene rings is 1. The third-order valence-corrected chi connectivity index (χ3v) is 2.83.